The molecular formula is C34H46N6O4. The van der Waals surface area contributed by atoms with Crippen molar-refractivity contribution in [1.29, 1.82) is 5.41 Å². The van der Waals surface area contributed by atoms with Gasteiger partial charge in [-0.3, -0.25) is 14.6 Å². The molecule has 0 aliphatic carbocycles. The molecule has 236 valence electrons. The van der Waals surface area contributed by atoms with Crippen LogP contribution in [-0.2, 0) is 9.63 Å². The summed E-state index contributed by atoms with van der Waals surface area (Å²) in [5, 5.41) is 15.9. The Kier molecular flexibility index (Phi) is 13.6. The molecule has 0 radical (unpaired) electrons. The van der Waals surface area contributed by atoms with Gasteiger partial charge in [-0.2, -0.15) is 0 Å². The molecule has 1 aliphatic heterocycles. The van der Waals surface area contributed by atoms with E-state index in [0.29, 0.717) is 31.6 Å². The van der Waals surface area contributed by atoms with Gasteiger partial charge in [0.1, 0.15) is 0 Å². The molecule has 1 aromatic carbocycles. The van der Waals surface area contributed by atoms with Crippen molar-refractivity contribution >= 4 is 35.3 Å². The lowest BCUT2D eigenvalue weighted by atomic mass is 10.0. The summed E-state index contributed by atoms with van der Waals surface area (Å²) >= 11 is 0. The summed E-state index contributed by atoms with van der Waals surface area (Å²) in [6, 6.07) is 11.5. The van der Waals surface area contributed by atoms with E-state index < -0.39 is 0 Å². The van der Waals surface area contributed by atoms with E-state index in [9.17, 15) is 9.59 Å². The third-order valence-corrected chi connectivity index (χ3v) is 7.24. The van der Waals surface area contributed by atoms with E-state index in [1.807, 2.05) is 44.2 Å². The molecule has 2 heterocycles. The maximum absolute atomic E-state index is 11.9. The summed E-state index contributed by atoms with van der Waals surface area (Å²) in [7, 11) is 1.90. The Balaban J connectivity index is 1.57. The van der Waals surface area contributed by atoms with Gasteiger partial charge in [0.2, 0.25) is 5.91 Å². The first kappa shape index (κ1) is 34.1. The Morgan fingerprint density at radius 2 is 1.89 bits per heavy atom. The number of amides is 2. The van der Waals surface area contributed by atoms with Gasteiger partial charge in [-0.05, 0) is 74.2 Å². The average molecular weight is 603 g/mol. The molecule has 2 amide bonds. The number of likely N-dealkylation sites (N-methyl/N-ethyl adjacent to an activating group) is 1. The molecule has 0 spiro atoms. The van der Waals surface area contributed by atoms with E-state index in [4.69, 9.17) is 14.7 Å². The minimum absolute atomic E-state index is 0.0782. The Labute approximate surface area is 261 Å². The van der Waals surface area contributed by atoms with E-state index in [1.54, 1.807) is 12.1 Å². The van der Waals surface area contributed by atoms with E-state index >= 15 is 0 Å². The van der Waals surface area contributed by atoms with Crippen molar-refractivity contribution in [3.05, 3.63) is 83.4 Å². The molecule has 0 bridgehead atoms. The normalized spacial score (nSPS) is 15.7. The molecule has 1 atom stereocenters. The van der Waals surface area contributed by atoms with Crippen molar-refractivity contribution in [1.82, 2.24) is 15.7 Å². The summed E-state index contributed by atoms with van der Waals surface area (Å²) in [6.07, 6.45) is 11.5. The van der Waals surface area contributed by atoms with Gasteiger partial charge < -0.3 is 30.2 Å². The quantitative estimate of drug-likeness (QED) is 0.120. The van der Waals surface area contributed by atoms with Gasteiger partial charge in [-0.1, -0.05) is 32.1 Å². The highest BCUT2D eigenvalue weighted by Gasteiger charge is 2.29. The Hall–Kier alpha value is -4.44. The molecular weight excluding hydrogens is 556 g/mol. The zero-order valence-electron chi connectivity index (χ0n) is 26.6. The molecule has 0 saturated carbocycles. The van der Waals surface area contributed by atoms with Gasteiger partial charge in [0.15, 0.2) is 11.5 Å². The van der Waals surface area contributed by atoms with Gasteiger partial charge in [0.25, 0.3) is 5.91 Å². The van der Waals surface area contributed by atoms with Crippen LogP contribution in [0.15, 0.2) is 81.4 Å². The molecule has 1 aliphatic rings. The fourth-order valence-corrected chi connectivity index (χ4v) is 4.87. The minimum Gasteiger partial charge on any atom is -0.459 e. The van der Waals surface area contributed by atoms with Crippen LogP contribution in [0.2, 0.25) is 0 Å². The van der Waals surface area contributed by atoms with E-state index in [1.165, 1.54) is 12.6 Å². The molecule has 1 aromatic heterocycles. The number of benzene rings is 1. The number of anilines is 1. The second kappa shape index (κ2) is 17.6. The number of allylic oxidation sites excluding steroid dienone is 3. The van der Waals surface area contributed by atoms with Gasteiger partial charge in [-0.25, -0.2) is 0 Å². The van der Waals surface area contributed by atoms with Crippen LogP contribution in [0.25, 0.3) is 5.76 Å². The summed E-state index contributed by atoms with van der Waals surface area (Å²) in [5.41, 5.74) is 4.46. The smallest absolute Gasteiger partial charge is 0.292 e. The van der Waals surface area contributed by atoms with Crippen LogP contribution >= 0.6 is 0 Å². The molecule has 2 aromatic rings. The van der Waals surface area contributed by atoms with E-state index in [-0.39, 0.29) is 23.6 Å². The van der Waals surface area contributed by atoms with Crippen molar-refractivity contribution < 1.29 is 18.8 Å². The van der Waals surface area contributed by atoms with Gasteiger partial charge in [0.05, 0.1) is 18.6 Å². The van der Waals surface area contributed by atoms with Crippen LogP contribution in [0.4, 0.5) is 5.69 Å². The van der Waals surface area contributed by atoms with Crippen molar-refractivity contribution in [3.8, 4) is 0 Å². The first-order chi connectivity index (χ1) is 21.3. The second-order valence-corrected chi connectivity index (χ2v) is 10.5. The predicted octanol–water partition coefficient (Wildman–Crippen LogP) is 5.76. The van der Waals surface area contributed by atoms with Crippen LogP contribution < -0.4 is 15.5 Å². The molecule has 10 nitrogen and oxygen atoms in total. The topological polar surface area (TPSA) is 123 Å². The third-order valence-electron chi connectivity index (χ3n) is 7.24. The molecule has 0 saturated heterocycles. The highest BCUT2D eigenvalue weighted by molar-refractivity contribution is 6.00. The summed E-state index contributed by atoms with van der Waals surface area (Å²) in [4.78, 5) is 36.4. The Morgan fingerprint density at radius 3 is 2.55 bits per heavy atom. The highest BCUT2D eigenvalue weighted by atomic mass is 16.7. The number of rotatable bonds is 17. The zero-order chi connectivity index (χ0) is 31.9. The van der Waals surface area contributed by atoms with Crippen LogP contribution in [0, 0.1) is 5.41 Å². The zero-order valence-corrected chi connectivity index (χ0v) is 26.6. The SMILES string of the molecule is C/C=C(\C=C/C1C(C)=C(c2ccc(N(CCC)CCNC(=O)CCC)cc2)ON1C)C(=N)CCN=CNC(=O)c1ccco1. The van der Waals surface area contributed by atoms with Crippen molar-refractivity contribution in [2.75, 3.05) is 38.1 Å². The second-order valence-electron chi connectivity index (χ2n) is 10.5. The number of nitrogens with zero attached hydrogens (tertiary/aromatic N) is 3. The summed E-state index contributed by atoms with van der Waals surface area (Å²) < 4.78 is 5.05. The number of hydrogen-bond acceptors (Lipinski definition) is 8. The Bertz CT molecular complexity index is 1360. The summed E-state index contributed by atoms with van der Waals surface area (Å²) in [5.74, 6) is 0.779. The number of hydroxylamine groups is 2. The average Bonchev–Trinajstić information content (AvgIpc) is 3.65. The number of aliphatic imine (C=N–C) groups is 1. The van der Waals surface area contributed by atoms with Crippen LogP contribution in [0.1, 0.15) is 69.5 Å². The standard InChI is InChI=1S/C34H46N6O4/c1-6-10-32(41)37-20-22-40(21-7-2)28-15-12-27(13-16-28)33-25(4)30(39(5)44-33)17-14-26(8-3)29(35)18-19-36-24-38-34(42)31-11-9-23-43-31/h8-9,11-17,23-24,30,35H,6-7,10,18-22H2,1-5H3,(H,37,41)(H,36,38,42)/b17-14-,26-8+,35-29?. The van der Waals surface area contributed by atoms with Crippen LogP contribution in [0.5, 0.6) is 0 Å². The van der Waals surface area contributed by atoms with Gasteiger partial charge in [-0.15, -0.1) is 5.06 Å². The monoisotopic (exact) mass is 602 g/mol. The molecule has 0 fully saturated rings. The molecule has 3 N–H and O–H groups in total. The fourth-order valence-electron chi connectivity index (χ4n) is 4.87. The van der Waals surface area contributed by atoms with Gasteiger partial charge >= 0.3 is 0 Å². The molecule has 1 unspecified atom stereocenters. The molecule has 10 heteroatoms. The lowest BCUT2D eigenvalue weighted by Crippen LogP contribution is -2.35. The van der Waals surface area contributed by atoms with Gasteiger partial charge in [0, 0.05) is 63.0 Å². The fraction of sp³-hybridized carbons (Fsp3) is 0.412. The molecule has 44 heavy (non-hydrogen) atoms. The largest absolute Gasteiger partial charge is 0.459 e. The number of nitrogens with one attached hydrogen (secondary N) is 3. The molecule has 3 rings (SSSR count). The Morgan fingerprint density at radius 1 is 1.11 bits per heavy atom. The van der Waals surface area contributed by atoms with Crippen LogP contribution in [-0.4, -0.2) is 68.2 Å². The maximum Gasteiger partial charge on any atom is 0.292 e. The highest BCUT2D eigenvalue weighted by Crippen LogP contribution is 2.33. The van der Waals surface area contributed by atoms with Crippen molar-refractivity contribution in [2.45, 2.75) is 59.4 Å². The number of furan rings is 1. The lowest BCUT2D eigenvalue weighted by molar-refractivity contribution is -0.121. The number of hydrogen-bond donors (Lipinski definition) is 3. The first-order valence-corrected chi connectivity index (χ1v) is 15.3. The number of carbonyl (C=O) groups excluding carboxylic acids is 2. The van der Waals surface area contributed by atoms with Crippen LogP contribution in [0.3, 0.4) is 0 Å². The predicted molar refractivity (Wildman–Crippen MR) is 177 cm³/mol. The minimum atomic E-state index is -0.365. The van der Waals surface area contributed by atoms with E-state index in [0.717, 1.165) is 54.1 Å². The van der Waals surface area contributed by atoms with Crippen molar-refractivity contribution in [2.24, 2.45) is 4.99 Å². The van der Waals surface area contributed by atoms with E-state index in [2.05, 4.69) is 58.6 Å². The lowest BCUT2D eigenvalue weighted by Gasteiger charge is -2.25. The van der Waals surface area contributed by atoms with Crippen molar-refractivity contribution in [3.63, 3.8) is 0 Å². The maximum atomic E-state index is 11.9. The number of carbonyl (C=O) groups is 2. The first-order valence-electron chi connectivity index (χ1n) is 15.3. The third kappa shape index (κ3) is 9.80. The summed E-state index contributed by atoms with van der Waals surface area (Å²) in [6.45, 7) is 10.8.